The van der Waals surface area contributed by atoms with Crippen molar-refractivity contribution in [2.75, 3.05) is 16.4 Å². The van der Waals surface area contributed by atoms with E-state index >= 15 is 0 Å². The summed E-state index contributed by atoms with van der Waals surface area (Å²) in [6.45, 7) is 1.95. The number of amides is 4. The standard InChI is InChI=1S/C41H31Cl2FN2O7/c1-2-53-31-10-6-9-29(35(31)48)33-27-19-20-28-32(30(27)21-40(42)38(51)46(39(52)41(33,40)43)26-17-13-24(44)14-18-26)37(50)45(36(28)49)25-15-11-23(12-16-25)34(47)22-7-4-3-5-8-22/h3-19,28,30,32-33,48H,2,20-21H2,1H3. The molecule has 53 heavy (non-hydrogen) atoms. The molecule has 12 heteroatoms. The zero-order valence-electron chi connectivity index (χ0n) is 28.2. The highest BCUT2D eigenvalue weighted by molar-refractivity contribution is 6.58. The van der Waals surface area contributed by atoms with Gasteiger partial charge in [-0.05, 0) is 80.3 Å². The number of ketones is 1. The Morgan fingerprint density at radius 3 is 2.13 bits per heavy atom. The van der Waals surface area contributed by atoms with Crippen LogP contribution in [0.5, 0.6) is 11.5 Å². The van der Waals surface area contributed by atoms with Crippen LogP contribution in [-0.2, 0) is 19.2 Å². The van der Waals surface area contributed by atoms with Gasteiger partial charge in [0.15, 0.2) is 27.0 Å². The fourth-order valence-corrected chi connectivity index (χ4v) is 9.49. The van der Waals surface area contributed by atoms with E-state index in [1.165, 1.54) is 12.1 Å². The lowest BCUT2D eigenvalue weighted by Gasteiger charge is -2.50. The number of ether oxygens (including phenoxy) is 1. The van der Waals surface area contributed by atoms with Crippen LogP contribution in [0.3, 0.4) is 0 Å². The van der Waals surface area contributed by atoms with Gasteiger partial charge in [0, 0.05) is 22.6 Å². The number of anilines is 2. The van der Waals surface area contributed by atoms with Crippen LogP contribution in [0.15, 0.2) is 109 Å². The molecule has 0 radical (unpaired) electrons. The highest BCUT2D eigenvalue weighted by Crippen LogP contribution is 2.67. The van der Waals surface area contributed by atoms with E-state index in [0.717, 1.165) is 21.9 Å². The first kappa shape index (κ1) is 34.7. The summed E-state index contributed by atoms with van der Waals surface area (Å²) in [6, 6.07) is 24.4. The van der Waals surface area contributed by atoms with E-state index in [4.69, 9.17) is 27.9 Å². The number of aromatic hydroxyl groups is 1. The van der Waals surface area contributed by atoms with E-state index in [1.54, 1.807) is 85.8 Å². The predicted octanol–water partition coefficient (Wildman–Crippen LogP) is 6.93. The molecule has 3 fully saturated rings. The molecule has 9 nitrogen and oxygen atoms in total. The number of phenolic OH excluding ortho intramolecular Hbond substituents is 1. The number of imide groups is 2. The molecule has 2 heterocycles. The van der Waals surface area contributed by atoms with Crippen molar-refractivity contribution in [3.8, 4) is 11.5 Å². The van der Waals surface area contributed by atoms with Crippen molar-refractivity contribution in [1.29, 1.82) is 0 Å². The van der Waals surface area contributed by atoms with E-state index in [9.17, 15) is 33.5 Å². The molecular weight excluding hydrogens is 722 g/mol. The highest BCUT2D eigenvalue weighted by Gasteiger charge is 2.77. The molecule has 8 rings (SSSR count). The SMILES string of the molecule is CCOc1cccc(C2C3=CCC4C(=O)N(c5ccc(C(=O)c6ccccc6)cc5)C(=O)C4C3CC3(Cl)C(=O)N(c4ccc(F)cc4)C(=O)C23Cl)c1O. The quantitative estimate of drug-likeness (QED) is 0.0941. The third kappa shape index (κ3) is 4.99. The molecule has 0 spiro atoms. The van der Waals surface area contributed by atoms with Crippen LogP contribution in [0, 0.1) is 23.6 Å². The Kier molecular flexibility index (Phi) is 8.31. The minimum Gasteiger partial charge on any atom is -0.504 e. The van der Waals surface area contributed by atoms with Crippen molar-refractivity contribution < 1.29 is 38.2 Å². The molecule has 2 saturated heterocycles. The Labute approximate surface area is 313 Å². The van der Waals surface area contributed by atoms with Crippen molar-refractivity contribution in [2.24, 2.45) is 17.8 Å². The number of hydrogen-bond donors (Lipinski definition) is 1. The normalized spacial score (nSPS) is 27.7. The van der Waals surface area contributed by atoms with E-state index in [0.29, 0.717) is 16.7 Å². The van der Waals surface area contributed by atoms with Gasteiger partial charge < -0.3 is 9.84 Å². The molecule has 2 aliphatic heterocycles. The first-order valence-electron chi connectivity index (χ1n) is 17.2. The fraction of sp³-hybridized carbons (Fsp3) is 0.244. The van der Waals surface area contributed by atoms with Crippen LogP contribution in [0.25, 0.3) is 0 Å². The number of allylic oxidation sites excluding steroid dienone is 2. The molecule has 1 saturated carbocycles. The van der Waals surface area contributed by atoms with Gasteiger partial charge in [-0.2, -0.15) is 0 Å². The van der Waals surface area contributed by atoms with Gasteiger partial charge in [0.2, 0.25) is 11.8 Å². The summed E-state index contributed by atoms with van der Waals surface area (Å²) in [5.41, 5.74) is 1.82. The van der Waals surface area contributed by atoms with Crippen LogP contribution < -0.4 is 14.5 Å². The summed E-state index contributed by atoms with van der Waals surface area (Å²) in [5, 5.41) is 11.6. The second kappa shape index (κ2) is 12.7. The van der Waals surface area contributed by atoms with Gasteiger partial charge in [0.25, 0.3) is 11.8 Å². The van der Waals surface area contributed by atoms with Gasteiger partial charge in [0.1, 0.15) is 5.82 Å². The predicted molar refractivity (Wildman–Crippen MR) is 195 cm³/mol. The summed E-state index contributed by atoms with van der Waals surface area (Å²) >= 11 is 14.9. The lowest BCUT2D eigenvalue weighted by atomic mass is 9.56. The average molecular weight is 754 g/mol. The number of para-hydroxylation sites is 1. The fourth-order valence-electron chi connectivity index (χ4n) is 8.56. The zero-order chi connectivity index (χ0) is 37.4. The maximum Gasteiger partial charge on any atom is 0.258 e. The van der Waals surface area contributed by atoms with E-state index in [-0.39, 0.29) is 53.7 Å². The largest absolute Gasteiger partial charge is 0.504 e. The van der Waals surface area contributed by atoms with Gasteiger partial charge >= 0.3 is 0 Å². The van der Waals surface area contributed by atoms with Crippen molar-refractivity contribution in [3.63, 3.8) is 0 Å². The van der Waals surface area contributed by atoms with Crippen molar-refractivity contribution >= 4 is 64.0 Å². The number of benzene rings is 4. The van der Waals surface area contributed by atoms with Gasteiger partial charge in [-0.15, -0.1) is 23.2 Å². The molecule has 268 valence electrons. The second-order valence-electron chi connectivity index (χ2n) is 13.6. The summed E-state index contributed by atoms with van der Waals surface area (Å²) in [6.07, 6.45) is 1.59. The van der Waals surface area contributed by atoms with Crippen LogP contribution >= 0.6 is 23.2 Å². The molecule has 6 atom stereocenters. The van der Waals surface area contributed by atoms with Gasteiger partial charge in [-0.25, -0.2) is 9.29 Å². The third-order valence-electron chi connectivity index (χ3n) is 11.0. The van der Waals surface area contributed by atoms with E-state index in [2.05, 4.69) is 0 Å². The number of hydrogen-bond acceptors (Lipinski definition) is 7. The number of carbonyl (C=O) groups is 5. The maximum atomic E-state index is 14.6. The topological polar surface area (TPSA) is 121 Å². The Morgan fingerprint density at radius 1 is 0.811 bits per heavy atom. The minimum absolute atomic E-state index is 0.0456. The Bertz CT molecular complexity index is 2250. The smallest absolute Gasteiger partial charge is 0.258 e. The molecule has 2 aliphatic carbocycles. The maximum absolute atomic E-state index is 14.6. The molecular formula is C41H31Cl2FN2O7. The number of rotatable bonds is 7. The lowest BCUT2D eigenvalue weighted by molar-refractivity contribution is -0.125. The second-order valence-corrected chi connectivity index (χ2v) is 14.9. The van der Waals surface area contributed by atoms with Crippen molar-refractivity contribution in [3.05, 3.63) is 131 Å². The number of halogens is 3. The molecule has 1 N–H and O–H groups in total. The average Bonchev–Trinajstić information content (AvgIpc) is 3.50. The molecule has 0 aromatic heterocycles. The number of phenols is 1. The molecule has 4 aliphatic rings. The summed E-state index contributed by atoms with van der Waals surface area (Å²) in [4.78, 5) is 68.2. The van der Waals surface area contributed by atoms with Crippen molar-refractivity contribution in [1.82, 2.24) is 0 Å². The van der Waals surface area contributed by atoms with E-state index < -0.39 is 62.9 Å². The highest BCUT2D eigenvalue weighted by atomic mass is 35.5. The van der Waals surface area contributed by atoms with Crippen LogP contribution in [0.1, 0.15) is 47.2 Å². The molecule has 4 amide bonds. The number of nitrogens with zero attached hydrogens (tertiary/aromatic N) is 2. The van der Waals surface area contributed by atoms with Crippen LogP contribution in [0.4, 0.5) is 15.8 Å². The number of carbonyl (C=O) groups excluding carboxylic acids is 5. The van der Waals surface area contributed by atoms with E-state index in [1.807, 2.05) is 0 Å². The Balaban J connectivity index is 1.22. The molecule has 4 aromatic carbocycles. The third-order valence-corrected chi connectivity index (χ3v) is 12.4. The summed E-state index contributed by atoms with van der Waals surface area (Å²) in [7, 11) is 0. The first-order valence-corrected chi connectivity index (χ1v) is 17.9. The minimum atomic E-state index is -2.22. The lowest BCUT2D eigenvalue weighted by Crippen LogP contribution is -2.60. The van der Waals surface area contributed by atoms with Crippen LogP contribution in [-0.4, -0.2) is 50.9 Å². The molecule has 6 unspecified atom stereocenters. The first-order chi connectivity index (χ1) is 25.4. The Hall–Kier alpha value is -5.32. The summed E-state index contributed by atoms with van der Waals surface area (Å²) < 4.78 is 19.6. The molecule has 0 bridgehead atoms. The van der Waals surface area contributed by atoms with Gasteiger partial charge in [-0.1, -0.05) is 54.1 Å². The van der Waals surface area contributed by atoms with Crippen molar-refractivity contribution in [2.45, 2.75) is 35.4 Å². The summed E-state index contributed by atoms with van der Waals surface area (Å²) in [5.74, 6) is -7.66. The van der Waals surface area contributed by atoms with Gasteiger partial charge in [0.05, 0.1) is 29.8 Å². The number of fused-ring (bicyclic) bond motifs is 4. The monoisotopic (exact) mass is 752 g/mol. The van der Waals surface area contributed by atoms with Gasteiger partial charge in [-0.3, -0.25) is 28.9 Å². The molecule has 4 aromatic rings. The van der Waals surface area contributed by atoms with Crippen LogP contribution in [0.2, 0.25) is 0 Å². The Morgan fingerprint density at radius 2 is 1.45 bits per heavy atom. The number of alkyl halides is 2. The zero-order valence-corrected chi connectivity index (χ0v) is 29.7.